The van der Waals surface area contributed by atoms with Gasteiger partial charge in [-0.05, 0) is 32.9 Å². The van der Waals surface area contributed by atoms with E-state index in [9.17, 15) is 4.79 Å². The van der Waals surface area contributed by atoms with Gasteiger partial charge >= 0.3 is 0 Å². The Balaban J connectivity index is 1.71. The van der Waals surface area contributed by atoms with Crippen molar-refractivity contribution in [2.75, 3.05) is 26.7 Å². The molecule has 1 aliphatic heterocycles. The quantitative estimate of drug-likeness (QED) is 0.873. The summed E-state index contributed by atoms with van der Waals surface area (Å²) in [7, 11) is 2.12. The zero-order valence-corrected chi connectivity index (χ0v) is 11.2. The van der Waals surface area contributed by atoms with Gasteiger partial charge in [0.1, 0.15) is 0 Å². The van der Waals surface area contributed by atoms with Gasteiger partial charge in [0.25, 0.3) is 0 Å². The van der Waals surface area contributed by atoms with Crippen LogP contribution in [0.2, 0.25) is 0 Å². The maximum Gasteiger partial charge on any atom is 0.226 e. The predicted molar refractivity (Wildman–Crippen MR) is 69.2 cm³/mol. The smallest absolute Gasteiger partial charge is 0.226 e. The van der Waals surface area contributed by atoms with Gasteiger partial charge < -0.3 is 10.2 Å². The van der Waals surface area contributed by atoms with Gasteiger partial charge in [-0.1, -0.05) is 0 Å². The lowest BCUT2D eigenvalue weighted by Gasteiger charge is -2.11. The summed E-state index contributed by atoms with van der Waals surface area (Å²) in [6, 6.07) is 0. The fourth-order valence-electron chi connectivity index (χ4n) is 2.17. The third kappa shape index (κ3) is 3.78. The molecule has 94 valence electrons. The van der Waals surface area contributed by atoms with Gasteiger partial charge in [0.2, 0.25) is 5.91 Å². The molecule has 1 aromatic heterocycles. The molecule has 4 nitrogen and oxygen atoms in total. The van der Waals surface area contributed by atoms with Crippen LogP contribution in [0.4, 0.5) is 0 Å². The summed E-state index contributed by atoms with van der Waals surface area (Å²) in [5.74, 6) is 0.700. The van der Waals surface area contributed by atoms with Gasteiger partial charge in [-0.15, -0.1) is 11.3 Å². The number of carbonyl (C=O) groups is 1. The van der Waals surface area contributed by atoms with Crippen molar-refractivity contribution in [3.8, 4) is 0 Å². The Bertz CT molecular complexity index is 391. The van der Waals surface area contributed by atoms with Crippen LogP contribution >= 0.6 is 11.3 Å². The first-order chi connectivity index (χ1) is 8.13. The second kappa shape index (κ2) is 5.60. The van der Waals surface area contributed by atoms with Crippen molar-refractivity contribution in [3.63, 3.8) is 0 Å². The number of rotatable bonds is 4. The van der Waals surface area contributed by atoms with Crippen LogP contribution in [0, 0.1) is 12.8 Å². The van der Waals surface area contributed by atoms with Gasteiger partial charge in [0.05, 0.1) is 17.1 Å². The molecule has 0 aliphatic carbocycles. The van der Waals surface area contributed by atoms with Crippen molar-refractivity contribution in [2.45, 2.75) is 19.8 Å². The number of nitrogens with zero attached hydrogens (tertiary/aromatic N) is 2. The fourth-order valence-corrected chi connectivity index (χ4v) is 2.78. The minimum atomic E-state index is 0.0878. The molecular weight excluding hydrogens is 234 g/mol. The summed E-state index contributed by atoms with van der Waals surface area (Å²) >= 11 is 1.59. The molecule has 1 atom stereocenters. The molecule has 1 saturated heterocycles. The van der Waals surface area contributed by atoms with Gasteiger partial charge in [0, 0.05) is 18.5 Å². The van der Waals surface area contributed by atoms with Gasteiger partial charge in [0.15, 0.2) is 0 Å². The van der Waals surface area contributed by atoms with Crippen molar-refractivity contribution in [1.29, 1.82) is 0 Å². The molecule has 5 heteroatoms. The number of nitrogens with one attached hydrogen (secondary N) is 1. The van der Waals surface area contributed by atoms with E-state index in [1.807, 2.05) is 12.3 Å². The highest BCUT2D eigenvalue weighted by molar-refractivity contribution is 7.09. The van der Waals surface area contributed by atoms with Crippen molar-refractivity contribution < 1.29 is 4.79 Å². The second-order valence-corrected chi connectivity index (χ2v) is 5.82. The molecule has 1 N–H and O–H groups in total. The lowest BCUT2D eigenvalue weighted by Crippen LogP contribution is -2.31. The van der Waals surface area contributed by atoms with E-state index in [2.05, 4.69) is 22.2 Å². The Morgan fingerprint density at radius 3 is 3.12 bits per heavy atom. The molecule has 1 fully saturated rings. The zero-order chi connectivity index (χ0) is 12.3. The summed E-state index contributed by atoms with van der Waals surface area (Å²) in [6.07, 6.45) is 1.60. The molecule has 1 amide bonds. The van der Waals surface area contributed by atoms with E-state index in [1.165, 1.54) is 6.42 Å². The summed E-state index contributed by atoms with van der Waals surface area (Å²) in [6.45, 7) is 4.99. The van der Waals surface area contributed by atoms with Gasteiger partial charge in [-0.25, -0.2) is 4.98 Å². The second-order valence-electron chi connectivity index (χ2n) is 4.76. The highest BCUT2D eigenvalue weighted by atomic mass is 32.1. The Morgan fingerprint density at radius 1 is 1.71 bits per heavy atom. The minimum Gasteiger partial charge on any atom is -0.355 e. The van der Waals surface area contributed by atoms with E-state index < -0.39 is 0 Å². The van der Waals surface area contributed by atoms with E-state index in [1.54, 1.807) is 11.3 Å². The van der Waals surface area contributed by atoms with Gasteiger partial charge in [-0.3, -0.25) is 4.79 Å². The molecule has 0 spiro atoms. The summed E-state index contributed by atoms with van der Waals surface area (Å²) in [4.78, 5) is 18.3. The third-order valence-corrected chi connectivity index (χ3v) is 3.91. The van der Waals surface area contributed by atoms with E-state index >= 15 is 0 Å². The van der Waals surface area contributed by atoms with Crippen LogP contribution in [0.25, 0.3) is 0 Å². The first kappa shape index (κ1) is 12.5. The number of aryl methyl sites for hydroxylation is 1. The molecule has 2 heterocycles. The van der Waals surface area contributed by atoms with E-state index in [4.69, 9.17) is 0 Å². The lowest BCUT2D eigenvalue weighted by molar-refractivity contribution is -0.120. The molecule has 1 unspecified atom stereocenters. The normalized spacial score (nSPS) is 20.7. The van der Waals surface area contributed by atoms with Crippen LogP contribution in [0.5, 0.6) is 0 Å². The highest BCUT2D eigenvalue weighted by Gasteiger charge is 2.19. The Labute approximate surface area is 106 Å². The summed E-state index contributed by atoms with van der Waals surface area (Å²) in [5.41, 5.74) is 0.883. The Morgan fingerprint density at radius 2 is 2.53 bits per heavy atom. The molecular formula is C12H19N3OS. The average Bonchev–Trinajstić information content (AvgIpc) is 2.85. The molecule has 0 saturated carbocycles. The standard InChI is InChI=1S/C12H19N3OS/c1-9-14-11(8-17-9)5-12(16)13-6-10-3-4-15(2)7-10/h8,10H,3-7H2,1-2H3,(H,13,16). The van der Waals surface area contributed by atoms with Crippen molar-refractivity contribution in [3.05, 3.63) is 16.1 Å². The monoisotopic (exact) mass is 253 g/mol. The number of amides is 1. The molecule has 2 rings (SSSR count). The number of aromatic nitrogens is 1. The van der Waals surface area contributed by atoms with Crippen LogP contribution in [-0.4, -0.2) is 42.5 Å². The molecule has 17 heavy (non-hydrogen) atoms. The first-order valence-corrected chi connectivity index (χ1v) is 6.87. The van der Waals surface area contributed by atoms with Crippen molar-refractivity contribution in [1.82, 2.24) is 15.2 Å². The maximum absolute atomic E-state index is 11.7. The predicted octanol–water partition coefficient (Wildman–Crippen LogP) is 1.06. The van der Waals surface area contributed by atoms with E-state index in [-0.39, 0.29) is 5.91 Å². The first-order valence-electron chi connectivity index (χ1n) is 5.99. The molecule has 1 aromatic rings. The number of hydrogen-bond acceptors (Lipinski definition) is 4. The molecule has 1 aliphatic rings. The van der Waals surface area contributed by atoms with E-state index in [0.717, 1.165) is 30.3 Å². The minimum absolute atomic E-state index is 0.0878. The molecule has 0 bridgehead atoms. The topological polar surface area (TPSA) is 45.2 Å². The number of likely N-dealkylation sites (tertiary alicyclic amines) is 1. The number of thiazole rings is 1. The van der Waals surface area contributed by atoms with Crippen LogP contribution in [-0.2, 0) is 11.2 Å². The van der Waals surface area contributed by atoms with Crippen LogP contribution in [0.15, 0.2) is 5.38 Å². The van der Waals surface area contributed by atoms with Crippen molar-refractivity contribution >= 4 is 17.2 Å². The van der Waals surface area contributed by atoms with Crippen LogP contribution < -0.4 is 5.32 Å². The summed E-state index contributed by atoms with van der Waals surface area (Å²) in [5, 5.41) is 5.98. The number of carbonyl (C=O) groups excluding carboxylic acids is 1. The molecule has 0 aromatic carbocycles. The largest absolute Gasteiger partial charge is 0.355 e. The summed E-state index contributed by atoms with van der Waals surface area (Å²) < 4.78 is 0. The third-order valence-electron chi connectivity index (χ3n) is 3.09. The molecule has 0 radical (unpaired) electrons. The van der Waals surface area contributed by atoms with Crippen molar-refractivity contribution in [2.24, 2.45) is 5.92 Å². The Kier molecular flexibility index (Phi) is 4.12. The Hall–Kier alpha value is -0.940. The highest BCUT2D eigenvalue weighted by Crippen LogP contribution is 2.13. The van der Waals surface area contributed by atoms with E-state index in [0.29, 0.717) is 12.3 Å². The lowest BCUT2D eigenvalue weighted by atomic mass is 10.1. The zero-order valence-electron chi connectivity index (χ0n) is 10.4. The number of hydrogen-bond donors (Lipinski definition) is 1. The maximum atomic E-state index is 11.7. The van der Waals surface area contributed by atoms with Crippen LogP contribution in [0.3, 0.4) is 0 Å². The SMILES string of the molecule is Cc1nc(CC(=O)NCC2CCN(C)C2)cs1. The van der Waals surface area contributed by atoms with Gasteiger partial charge in [-0.2, -0.15) is 0 Å². The average molecular weight is 253 g/mol. The van der Waals surface area contributed by atoms with Crippen LogP contribution in [0.1, 0.15) is 17.1 Å². The fraction of sp³-hybridized carbons (Fsp3) is 0.667.